The minimum Gasteiger partial charge on any atom is -0.489 e. The van der Waals surface area contributed by atoms with Crippen molar-refractivity contribution >= 4 is 11.5 Å². The number of ketones is 1. The molecule has 0 bridgehead atoms. The molecule has 0 fully saturated rings. The summed E-state index contributed by atoms with van der Waals surface area (Å²) in [5, 5.41) is 11.8. The van der Waals surface area contributed by atoms with Crippen molar-refractivity contribution in [2.45, 2.75) is 53.2 Å². The SMILES string of the molecule is CC(=O)c1ccc(OCc2c3c(c(C)c(C)c2[N+](=O)[O-])OC(C)(C)C3)cc1. The molecule has 2 aromatic rings. The Morgan fingerprint density at radius 3 is 2.41 bits per heavy atom. The number of nitro groups is 1. The van der Waals surface area contributed by atoms with Gasteiger partial charge in [0, 0.05) is 28.7 Å². The maximum atomic E-state index is 11.8. The molecule has 6 nitrogen and oxygen atoms in total. The lowest BCUT2D eigenvalue weighted by molar-refractivity contribution is -0.386. The molecule has 0 aliphatic carbocycles. The van der Waals surface area contributed by atoms with E-state index in [1.165, 1.54) is 6.92 Å². The third-order valence-corrected chi connectivity index (χ3v) is 4.99. The van der Waals surface area contributed by atoms with Crippen molar-refractivity contribution < 1.29 is 19.2 Å². The number of fused-ring (bicyclic) bond motifs is 1. The van der Waals surface area contributed by atoms with E-state index in [9.17, 15) is 14.9 Å². The molecule has 6 heteroatoms. The summed E-state index contributed by atoms with van der Waals surface area (Å²) in [6, 6.07) is 6.76. The lowest BCUT2D eigenvalue weighted by Crippen LogP contribution is -2.25. The average Bonchev–Trinajstić information content (AvgIpc) is 2.92. The van der Waals surface area contributed by atoms with E-state index >= 15 is 0 Å². The monoisotopic (exact) mass is 369 g/mol. The molecule has 0 amide bonds. The van der Waals surface area contributed by atoms with Gasteiger partial charge in [-0.25, -0.2) is 0 Å². The fourth-order valence-electron chi connectivity index (χ4n) is 3.49. The third-order valence-electron chi connectivity index (χ3n) is 4.99. The standard InChI is InChI=1S/C21H23NO5/c1-12-13(2)20-17(10-21(4,5)27-20)18(19(12)22(24)25)11-26-16-8-6-15(7-9-16)14(3)23/h6-9H,10-11H2,1-5H3. The molecule has 0 atom stereocenters. The van der Waals surface area contributed by atoms with Gasteiger partial charge in [-0.3, -0.25) is 14.9 Å². The van der Waals surface area contributed by atoms with Gasteiger partial charge in [0.15, 0.2) is 5.78 Å². The maximum absolute atomic E-state index is 11.8. The summed E-state index contributed by atoms with van der Waals surface area (Å²) in [6.45, 7) is 9.11. The zero-order chi connectivity index (χ0) is 19.9. The molecule has 0 spiro atoms. The van der Waals surface area contributed by atoms with Crippen molar-refractivity contribution in [3.63, 3.8) is 0 Å². The second-order valence-corrected chi connectivity index (χ2v) is 7.55. The molecular weight excluding hydrogens is 346 g/mol. The highest BCUT2D eigenvalue weighted by Gasteiger charge is 2.38. The summed E-state index contributed by atoms with van der Waals surface area (Å²) in [4.78, 5) is 22.8. The summed E-state index contributed by atoms with van der Waals surface area (Å²) in [6.07, 6.45) is 0.590. The van der Waals surface area contributed by atoms with Gasteiger partial charge in [0.25, 0.3) is 5.69 Å². The number of hydrogen-bond donors (Lipinski definition) is 0. The molecule has 1 aliphatic heterocycles. The van der Waals surface area contributed by atoms with E-state index in [1.807, 2.05) is 20.8 Å². The van der Waals surface area contributed by atoms with Crippen LogP contribution in [0.3, 0.4) is 0 Å². The Morgan fingerprint density at radius 2 is 1.85 bits per heavy atom. The normalized spacial score (nSPS) is 14.4. The van der Waals surface area contributed by atoms with Gasteiger partial charge in [-0.1, -0.05) is 0 Å². The fraction of sp³-hybridized carbons (Fsp3) is 0.381. The summed E-state index contributed by atoms with van der Waals surface area (Å²) < 4.78 is 11.9. The van der Waals surface area contributed by atoms with Crippen LogP contribution in [-0.2, 0) is 13.0 Å². The van der Waals surface area contributed by atoms with Crippen molar-refractivity contribution in [1.82, 2.24) is 0 Å². The molecule has 1 heterocycles. The van der Waals surface area contributed by atoms with Crippen LogP contribution in [0.4, 0.5) is 5.69 Å². The zero-order valence-electron chi connectivity index (χ0n) is 16.2. The summed E-state index contributed by atoms with van der Waals surface area (Å²) >= 11 is 0. The first-order valence-electron chi connectivity index (χ1n) is 8.83. The van der Waals surface area contributed by atoms with E-state index in [0.717, 1.165) is 16.9 Å². The predicted molar refractivity (Wildman–Crippen MR) is 102 cm³/mol. The lowest BCUT2D eigenvalue weighted by atomic mass is 9.92. The number of hydrogen-bond acceptors (Lipinski definition) is 5. The van der Waals surface area contributed by atoms with Gasteiger partial charge in [0.2, 0.25) is 0 Å². The first kappa shape index (κ1) is 18.9. The van der Waals surface area contributed by atoms with Crippen LogP contribution in [0.1, 0.15) is 53.4 Å². The zero-order valence-corrected chi connectivity index (χ0v) is 16.2. The number of benzene rings is 2. The summed E-state index contributed by atoms with van der Waals surface area (Å²) in [7, 11) is 0. The van der Waals surface area contributed by atoms with E-state index < -0.39 is 5.60 Å². The minimum absolute atomic E-state index is 0.0245. The molecule has 1 aliphatic rings. The number of nitro benzene ring substituents is 1. The predicted octanol–water partition coefficient (Wildman–Crippen LogP) is 4.71. The Labute approximate surface area is 158 Å². The first-order valence-corrected chi connectivity index (χ1v) is 8.83. The van der Waals surface area contributed by atoms with Gasteiger partial charge in [-0.2, -0.15) is 0 Å². The molecule has 0 saturated carbocycles. The van der Waals surface area contributed by atoms with E-state index in [2.05, 4.69) is 0 Å². The van der Waals surface area contributed by atoms with Gasteiger partial charge in [-0.05, 0) is 58.9 Å². The minimum atomic E-state index is -0.410. The number of rotatable bonds is 5. The Hall–Kier alpha value is -2.89. The number of ether oxygens (including phenoxy) is 2. The molecule has 0 N–H and O–H groups in total. The van der Waals surface area contributed by atoms with E-state index in [1.54, 1.807) is 31.2 Å². The number of nitrogens with zero attached hydrogens (tertiary/aromatic N) is 1. The average molecular weight is 369 g/mol. The largest absolute Gasteiger partial charge is 0.489 e. The summed E-state index contributed by atoms with van der Waals surface area (Å²) in [5.74, 6) is 1.26. The Balaban J connectivity index is 1.99. The van der Waals surface area contributed by atoms with Gasteiger partial charge in [0.05, 0.1) is 10.5 Å². The molecular formula is C21H23NO5. The Bertz CT molecular complexity index is 929. The molecule has 0 unspecified atom stereocenters. The van der Waals surface area contributed by atoms with Crippen molar-refractivity contribution in [2.75, 3.05) is 0 Å². The molecule has 3 rings (SSSR count). The van der Waals surface area contributed by atoms with Crippen LogP contribution in [0.25, 0.3) is 0 Å². The van der Waals surface area contributed by atoms with Gasteiger partial charge >= 0.3 is 0 Å². The van der Waals surface area contributed by atoms with Crippen LogP contribution in [-0.4, -0.2) is 16.3 Å². The topological polar surface area (TPSA) is 78.7 Å². The van der Waals surface area contributed by atoms with Gasteiger partial charge in [-0.15, -0.1) is 0 Å². The van der Waals surface area contributed by atoms with E-state index in [0.29, 0.717) is 28.9 Å². The highest BCUT2D eigenvalue weighted by Crippen LogP contribution is 2.45. The van der Waals surface area contributed by atoms with Gasteiger partial charge < -0.3 is 9.47 Å². The molecule has 27 heavy (non-hydrogen) atoms. The van der Waals surface area contributed by atoms with E-state index in [4.69, 9.17) is 9.47 Å². The number of carbonyl (C=O) groups excluding carboxylic acids is 1. The van der Waals surface area contributed by atoms with Crippen LogP contribution >= 0.6 is 0 Å². The van der Waals surface area contributed by atoms with Crippen LogP contribution in [0.15, 0.2) is 24.3 Å². The number of carbonyl (C=O) groups is 1. The maximum Gasteiger partial charge on any atom is 0.279 e. The second-order valence-electron chi connectivity index (χ2n) is 7.55. The third kappa shape index (κ3) is 3.52. The quantitative estimate of drug-likeness (QED) is 0.433. The lowest BCUT2D eigenvalue weighted by Gasteiger charge is -2.18. The molecule has 0 radical (unpaired) electrons. The van der Waals surface area contributed by atoms with Crippen LogP contribution in [0, 0.1) is 24.0 Å². The molecule has 0 aromatic heterocycles. The second kappa shape index (κ2) is 6.68. The molecule has 0 saturated heterocycles. The van der Waals surface area contributed by atoms with Crippen molar-refractivity contribution in [1.29, 1.82) is 0 Å². The smallest absolute Gasteiger partial charge is 0.279 e. The van der Waals surface area contributed by atoms with Crippen molar-refractivity contribution in [2.24, 2.45) is 0 Å². The van der Waals surface area contributed by atoms with Crippen LogP contribution in [0.2, 0.25) is 0 Å². The van der Waals surface area contributed by atoms with E-state index in [-0.39, 0.29) is 23.0 Å². The Kier molecular flexibility index (Phi) is 4.68. The first-order chi connectivity index (χ1) is 12.6. The van der Waals surface area contributed by atoms with Gasteiger partial charge in [0.1, 0.15) is 23.7 Å². The fourth-order valence-corrected chi connectivity index (χ4v) is 3.49. The highest BCUT2D eigenvalue weighted by molar-refractivity contribution is 5.94. The Morgan fingerprint density at radius 1 is 1.22 bits per heavy atom. The highest BCUT2D eigenvalue weighted by atomic mass is 16.6. The van der Waals surface area contributed by atoms with Crippen molar-refractivity contribution in [3.8, 4) is 11.5 Å². The molecule has 2 aromatic carbocycles. The van der Waals surface area contributed by atoms with Crippen LogP contribution in [0.5, 0.6) is 11.5 Å². The summed E-state index contributed by atoms with van der Waals surface area (Å²) in [5.41, 5.74) is 3.07. The van der Waals surface area contributed by atoms with Crippen molar-refractivity contribution in [3.05, 3.63) is 62.2 Å². The molecule has 142 valence electrons. The number of Topliss-reactive ketones (excluding diaryl/α,β-unsaturated/α-hetero) is 1. The van der Waals surface area contributed by atoms with Crippen LogP contribution < -0.4 is 9.47 Å².